The average molecular weight is 472 g/mol. The molecule has 10 heteroatoms. The molecule has 0 aliphatic rings. The fraction of sp³-hybridized carbons (Fsp3) is 0.375. The first kappa shape index (κ1) is 25.2. The van der Waals surface area contributed by atoms with E-state index in [1.807, 2.05) is 6.92 Å². The monoisotopic (exact) mass is 472 g/mol. The van der Waals surface area contributed by atoms with Crippen LogP contribution in [-0.4, -0.2) is 63.3 Å². The molecule has 10 nitrogen and oxygen atoms in total. The van der Waals surface area contributed by atoms with Gasteiger partial charge in [0.1, 0.15) is 23.8 Å². The Kier molecular flexibility index (Phi) is 9.39. The van der Waals surface area contributed by atoms with Crippen LogP contribution in [0.5, 0.6) is 11.5 Å². The number of aromatic amines is 1. The number of benzene rings is 2. The molecule has 1 N–H and O–H groups in total. The molecular weight excluding hydrogens is 444 g/mol. The van der Waals surface area contributed by atoms with E-state index in [2.05, 4.69) is 4.98 Å². The van der Waals surface area contributed by atoms with Gasteiger partial charge in [-0.3, -0.25) is 14.9 Å². The highest BCUT2D eigenvalue weighted by Gasteiger charge is 2.23. The third-order valence-electron chi connectivity index (χ3n) is 4.97. The Morgan fingerprint density at radius 2 is 1.47 bits per heavy atom. The first-order valence-electron chi connectivity index (χ1n) is 10.9. The van der Waals surface area contributed by atoms with Crippen molar-refractivity contribution in [3.05, 3.63) is 62.9 Å². The normalized spacial score (nSPS) is 11.0. The lowest BCUT2D eigenvalue weighted by Gasteiger charge is -2.10. The number of hydrogen-bond acceptors (Lipinski definition) is 8. The third kappa shape index (κ3) is 6.53. The largest absolute Gasteiger partial charge is 0.497 e. The van der Waals surface area contributed by atoms with Crippen molar-refractivity contribution in [2.24, 2.45) is 0 Å². The van der Waals surface area contributed by atoms with Gasteiger partial charge in [-0.2, -0.15) is 0 Å². The predicted octanol–water partition coefficient (Wildman–Crippen LogP) is 3.56. The molecule has 0 spiro atoms. The summed E-state index contributed by atoms with van der Waals surface area (Å²) < 4.78 is 26.8. The molecule has 1 aromatic heterocycles. The molecule has 182 valence electrons. The van der Waals surface area contributed by atoms with E-state index in [1.165, 1.54) is 19.2 Å². The summed E-state index contributed by atoms with van der Waals surface area (Å²) in [4.78, 5) is 26.6. The highest BCUT2D eigenvalue weighted by molar-refractivity contribution is 5.96. The Bertz CT molecular complexity index is 1140. The molecule has 0 saturated heterocycles. The van der Waals surface area contributed by atoms with Crippen molar-refractivity contribution < 1.29 is 28.6 Å². The maximum Gasteiger partial charge on any atom is 0.301 e. The van der Waals surface area contributed by atoms with Crippen LogP contribution in [0.2, 0.25) is 0 Å². The third-order valence-corrected chi connectivity index (χ3v) is 4.97. The summed E-state index contributed by atoms with van der Waals surface area (Å²) in [5.74, 6) is 1.02. The van der Waals surface area contributed by atoms with Crippen LogP contribution < -0.4 is 15.0 Å². The standard InChI is InChI=1S/C24H28N2O8/c1-3-31-10-11-32-12-13-33-14-15-34-18-6-4-17(5-7-18)22-23(26(28)29)20-9-8-19(30-2)16-21(20)24(27)25-22/h4-9,16H,3,10-15H2,1-2H3,(H,25,27). The minimum Gasteiger partial charge on any atom is -0.497 e. The number of ether oxygens (including phenoxy) is 5. The Labute approximate surface area is 196 Å². The van der Waals surface area contributed by atoms with Crippen molar-refractivity contribution >= 4 is 16.5 Å². The van der Waals surface area contributed by atoms with Gasteiger partial charge in [-0.05, 0) is 49.4 Å². The van der Waals surface area contributed by atoms with Gasteiger partial charge in [-0.1, -0.05) is 0 Å². The SMILES string of the molecule is CCOCCOCCOCCOc1ccc(-c2[nH]c(=O)c3cc(OC)ccc3c2[N+](=O)[O-])cc1. The topological polar surface area (TPSA) is 122 Å². The molecule has 0 atom stereocenters. The van der Waals surface area contributed by atoms with Crippen LogP contribution in [0.15, 0.2) is 47.3 Å². The van der Waals surface area contributed by atoms with Gasteiger partial charge in [0.2, 0.25) is 0 Å². The smallest absolute Gasteiger partial charge is 0.301 e. The van der Waals surface area contributed by atoms with E-state index in [0.717, 1.165) is 0 Å². The second kappa shape index (κ2) is 12.7. The zero-order chi connectivity index (χ0) is 24.3. The molecule has 0 bridgehead atoms. The Morgan fingerprint density at radius 1 is 0.853 bits per heavy atom. The Balaban J connectivity index is 1.61. The number of fused-ring (bicyclic) bond motifs is 1. The van der Waals surface area contributed by atoms with Gasteiger partial charge in [-0.25, -0.2) is 0 Å². The van der Waals surface area contributed by atoms with Crippen molar-refractivity contribution in [3.63, 3.8) is 0 Å². The summed E-state index contributed by atoms with van der Waals surface area (Å²) in [7, 11) is 1.47. The molecule has 3 aromatic rings. The number of pyridine rings is 1. The highest BCUT2D eigenvalue weighted by Crippen LogP contribution is 2.34. The number of nitro groups is 1. The van der Waals surface area contributed by atoms with Crippen molar-refractivity contribution in [3.8, 4) is 22.8 Å². The number of rotatable bonds is 14. The van der Waals surface area contributed by atoms with Gasteiger partial charge < -0.3 is 28.7 Å². The van der Waals surface area contributed by atoms with Crippen molar-refractivity contribution in [2.75, 3.05) is 53.4 Å². The molecule has 1 heterocycles. The molecule has 0 radical (unpaired) electrons. The van der Waals surface area contributed by atoms with Crippen LogP contribution >= 0.6 is 0 Å². The number of methoxy groups -OCH3 is 1. The molecule has 0 unspecified atom stereocenters. The van der Waals surface area contributed by atoms with Crippen molar-refractivity contribution in [2.45, 2.75) is 6.92 Å². The van der Waals surface area contributed by atoms with Gasteiger partial charge in [0.15, 0.2) is 0 Å². The summed E-state index contributed by atoms with van der Waals surface area (Å²) >= 11 is 0. The van der Waals surface area contributed by atoms with Gasteiger partial charge in [0.05, 0.1) is 55.8 Å². The van der Waals surface area contributed by atoms with Gasteiger partial charge in [0, 0.05) is 12.2 Å². The minimum absolute atomic E-state index is 0.131. The molecule has 0 aliphatic carbocycles. The Morgan fingerprint density at radius 3 is 2.09 bits per heavy atom. The zero-order valence-corrected chi connectivity index (χ0v) is 19.2. The van der Waals surface area contributed by atoms with Gasteiger partial charge in [0.25, 0.3) is 5.56 Å². The fourth-order valence-corrected chi connectivity index (χ4v) is 3.34. The molecule has 34 heavy (non-hydrogen) atoms. The van der Waals surface area contributed by atoms with Gasteiger partial charge in [-0.15, -0.1) is 0 Å². The number of aromatic nitrogens is 1. The summed E-state index contributed by atoms with van der Waals surface area (Å²) in [6.07, 6.45) is 0. The lowest BCUT2D eigenvalue weighted by molar-refractivity contribution is -0.382. The van der Waals surface area contributed by atoms with Crippen LogP contribution in [0.25, 0.3) is 22.0 Å². The molecule has 0 saturated carbocycles. The molecular formula is C24H28N2O8. The number of nitrogens with one attached hydrogen (secondary N) is 1. The van der Waals surface area contributed by atoms with E-state index in [0.29, 0.717) is 63.3 Å². The quantitative estimate of drug-likeness (QED) is 0.215. The fourth-order valence-electron chi connectivity index (χ4n) is 3.34. The summed E-state index contributed by atoms with van der Waals surface area (Å²) in [6, 6.07) is 11.3. The second-order valence-electron chi connectivity index (χ2n) is 7.14. The first-order chi connectivity index (χ1) is 16.5. The average Bonchev–Trinajstić information content (AvgIpc) is 2.85. The van der Waals surface area contributed by atoms with E-state index in [4.69, 9.17) is 23.7 Å². The maximum atomic E-state index is 12.6. The predicted molar refractivity (Wildman–Crippen MR) is 127 cm³/mol. The van der Waals surface area contributed by atoms with Crippen LogP contribution in [0, 0.1) is 10.1 Å². The second-order valence-corrected chi connectivity index (χ2v) is 7.14. The maximum absolute atomic E-state index is 12.6. The van der Waals surface area contributed by atoms with Crippen LogP contribution in [0.4, 0.5) is 5.69 Å². The lowest BCUT2D eigenvalue weighted by Crippen LogP contribution is -2.12. The van der Waals surface area contributed by atoms with E-state index >= 15 is 0 Å². The lowest BCUT2D eigenvalue weighted by atomic mass is 10.0. The molecule has 3 rings (SSSR count). The molecule has 0 amide bonds. The van der Waals surface area contributed by atoms with Crippen molar-refractivity contribution in [1.29, 1.82) is 0 Å². The zero-order valence-electron chi connectivity index (χ0n) is 19.2. The first-order valence-corrected chi connectivity index (χ1v) is 10.9. The van der Waals surface area contributed by atoms with Crippen molar-refractivity contribution in [1.82, 2.24) is 4.98 Å². The van der Waals surface area contributed by atoms with E-state index in [1.54, 1.807) is 30.3 Å². The summed E-state index contributed by atoms with van der Waals surface area (Å²) in [5, 5.41) is 12.3. The highest BCUT2D eigenvalue weighted by atomic mass is 16.6. The molecule has 0 fully saturated rings. The van der Waals surface area contributed by atoms with E-state index in [9.17, 15) is 14.9 Å². The number of H-pyrrole nitrogens is 1. The van der Waals surface area contributed by atoms with E-state index in [-0.39, 0.29) is 22.2 Å². The minimum atomic E-state index is -0.498. The number of nitrogens with zero attached hydrogens (tertiary/aromatic N) is 1. The molecule has 2 aromatic carbocycles. The van der Waals surface area contributed by atoms with Gasteiger partial charge >= 0.3 is 5.69 Å². The van der Waals surface area contributed by atoms with E-state index < -0.39 is 10.5 Å². The Hall–Kier alpha value is -3.47. The summed E-state index contributed by atoms with van der Waals surface area (Å²) in [5.41, 5.74) is 0.0119. The number of hydrogen-bond donors (Lipinski definition) is 1. The summed E-state index contributed by atoms with van der Waals surface area (Å²) in [6.45, 7) is 5.39. The molecule has 0 aliphatic heterocycles. The van der Waals surface area contributed by atoms with Crippen LogP contribution in [0.3, 0.4) is 0 Å². The van der Waals surface area contributed by atoms with Crippen LogP contribution in [0.1, 0.15) is 6.92 Å². The van der Waals surface area contributed by atoms with Crippen LogP contribution in [-0.2, 0) is 14.2 Å².